The van der Waals surface area contributed by atoms with Gasteiger partial charge in [0.15, 0.2) is 9.04 Å². The van der Waals surface area contributed by atoms with E-state index in [0.29, 0.717) is 18.9 Å². The van der Waals surface area contributed by atoms with Gasteiger partial charge < -0.3 is 271 Å². The molecule has 0 amide bonds. The number of hydrogen-bond acceptors (Lipinski definition) is 61. The smallest absolute Gasteiger partial charge is 0.532 e. The zero-order valence-corrected chi connectivity index (χ0v) is 128. The molecule has 0 atom stereocenters. The van der Waals surface area contributed by atoms with Crippen LogP contribution in [0, 0.1) is 0 Å². The van der Waals surface area contributed by atoms with Crippen molar-refractivity contribution < 1.29 is 271 Å². The summed E-state index contributed by atoms with van der Waals surface area (Å²) in [5, 5.41) is 0. The third-order valence-corrected chi connectivity index (χ3v) is 475. The Morgan fingerprint density at radius 1 is 0.195 bits per heavy atom. The Hall–Kier alpha value is 1.41. The summed E-state index contributed by atoms with van der Waals surface area (Å²) in [4.78, 5) is 0. The van der Waals surface area contributed by atoms with Crippen LogP contribution in [0.3, 0.4) is 0 Å². The van der Waals surface area contributed by atoms with Crippen LogP contribution in [0.5, 0.6) is 0 Å². The van der Waals surface area contributed by atoms with E-state index >= 15 is 0 Å². The molecule has 0 aliphatic rings. The van der Waals surface area contributed by atoms with E-state index in [1.54, 1.807) is 26.2 Å². The number of rotatable bonds is 65. The monoisotopic (exact) mass is 2860 g/mol. The maximum absolute atomic E-state index is 12.8. The van der Waals surface area contributed by atoms with Gasteiger partial charge in [0.1, 0.15) is 0 Å². The van der Waals surface area contributed by atoms with Crippen LogP contribution in [0.1, 0.15) is 19.8 Å². The highest BCUT2D eigenvalue weighted by Crippen LogP contribution is 2.15. The topological polar surface area (TPSA) is 1030 Å². The van der Waals surface area contributed by atoms with Crippen LogP contribution in [0.25, 0.3) is 0 Å². The van der Waals surface area contributed by atoms with Crippen LogP contribution < -0.4 is 0 Å². The van der Waals surface area contributed by atoms with Crippen LogP contribution in [0.15, 0.2) is 0 Å². The van der Waals surface area contributed by atoms with Crippen molar-refractivity contribution in [3.8, 4) is 0 Å². The van der Waals surface area contributed by atoms with Gasteiger partial charge in [-0.25, -0.2) is 0 Å². The van der Waals surface area contributed by atoms with Gasteiger partial charge in [0.05, 0.1) is 0 Å². The summed E-state index contributed by atoms with van der Waals surface area (Å²) in [6.45, 7) is 11.0. The summed E-state index contributed by atoms with van der Waals surface area (Å²) in [7, 11) is -263. The molecule has 123 heteroatoms. The fraction of sp³-hybridized carbons (Fsp3) is 1.00. The highest BCUT2D eigenvalue weighted by Gasteiger charge is 2.63. The molecule has 0 aromatic rings. The normalized spacial score (nSPS) is 10.2. The molecular weight excluding hydrogens is 2840 g/mol. The molecule has 684 valence electrons. The minimum atomic E-state index is -4.70. The SMILES string of the molecule is CCCC[Si](C)(C)O[Si](=O)[Si](=O)[Si](=O)[Si](=O)[Si](=O)[Si](=O)[Si](=O)[Si](=O)[Si](=O)[Si](=O)[Si](=O)[Si](=O)[Si](=O)[Si](=O)[Si](=O)[Si](=O)[Si](=O)[Si](=O)[Si](=O)[Si](=O)[Si](=O)[Si](=O)[Si](=O)[Si](=O)[Si](=O)[Si](=O)[Si](=O)[Si](=O)[SiH]=O.C[SiH](C)O[Si](C)(C)[Si](=O)[Si](=O)[Si](=O)[Si](=O)[Si](=O)[Si](=O)[Si](=O)[Si](=O)[Si](=O)[Si](=O)[Si](=O)[Si](=O)[Si](=O)[Si](=O)[Si](=O)[Si](=O)[Si](=O)[Si](=O)[Si](=O)[Si](=O)[Si](=O)[Si](=O)[Si](=O)[Si](=O)[Si](=O)[Si](=O)[Si](=O)[Si](=O)[Si](=O)[SiH]=O. The Morgan fingerprint density at radius 2 is 0.316 bits per heavy atom. The zero-order valence-electron chi connectivity index (χ0n) is 65.3. The van der Waals surface area contributed by atoms with E-state index < -0.39 is 484 Å². The fourth-order valence-electron chi connectivity index (χ4n) is 7.45. The molecule has 0 saturated heterocycles. The quantitative estimate of drug-likeness (QED) is 0.0510. The minimum absolute atomic E-state index is 0.429. The van der Waals surface area contributed by atoms with Gasteiger partial charge in [-0.15, -0.1) is 0 Å². The lowest BCUT2D eigenvalue weighted by molar-refractivity contribution is 0.457. The lowest BCUT2D eigenvalue weighted by Crippen LogP contribution is -2.58. The molecule has 0 aliphatic carbocycles. The van der Waals surface area contributed by atoms with Crippen molar-refractivity contribution in [1.82, 2.24) is 0 Å². The Morgan fingerprint density at radius 3 is 0.436 bits per heavy atom. The van der Waals surface area contributed by atoms with E-state index in [9.17, 15) is 263 Å². The van der Waals surface area contributed by atoms with Gasteiger partial charge in [-0.1, -0.05) is 19.8 Å². The Kier molecular flexibility index (Phi) is 63.5. The molecule has 0 bridgehead atoms. The van der Waals surface area contributed by atoms with Crippen LogP contribution in [-0.4, -0.2) is 484 Å². The first-order valence-electron chi connectivity index (χ1n) is 32.7. The summed E-state index contributed by atoms with van der Waals surface area (Å²) < 4.78 is 746. The highest BCUT2D eigenvalue weighted by molar-refractivity contribution is 7.88. The summed E-state index contributed by atoms with van der Waals surface area (Å²) in [6, 6.07) is 0.429. The largest absolute Gasteiger partial charge is 0.578 e. The molecule has 0 spiro atoms. The predicted molar refractivity (Wildman–Crippen MR) is 459 cm³/mol. The molecule has 0 aliphatic heterocycles. The lowest BCUT2D eigenvalue weighted by atomic mass is 10.4. The molecule has 0 aromatic carbocycles. The van der Waals surface area contributed by atoms with Crippen molar-refractivity contribution in [2.24, 2.45) is 0 Å². The first kappa shape index (κ1) is 136. The minimum Gasteiger partial charge on any atom is -0.578 e. The lowest BCUT2D eigenvalue weighted by Gasteiger charge is -2.22. The van der Waals surface area contributed by atoms with E-state index in [0.717, 1.165) is 0 Å². The third-order valence-electron chi connectivity index (χ3n) is 14.1. The first-order chi connectivity index (χ1) is 60.5. The molecule has 61 nitrogen and oxygen atoms in total. The molecule has 0 radical (unpaired) electrons. The van der Waals surface area contributed by atoms with Crippen molar-refractivity contribution >= 4 is 484 Å². The van der Waals surface area contributed by atoms with Gasteiger partial charge in [-0.3, -0.25) is 0 Å². The maximum Gasteiger partial charge on any atom is 0.532 e. The number of unbranched alkanes of at least 4 members (excludes halogenated alkanes) is 1. The van der Waals surface area contributed by atoms with E-state index in [4.69, 9.17) is 8.23 Å². The van der Waals surface area contributed by atoms with E-state index in [2.05, 4.69) is 0 Å². The zero-order chi connectivity index (χ0) is 105. The standard InChI is InChI=1S/C6H16O30Si30.C4H14O31Si32/c1-4-5-6-66(2,3)36-38(8)40(10)42(12)44(14)46(16)48(18)50(20)52(22)54(24)56(26)58(28)60(30)62(32)64(34)65(35)63(33)61(31)59(29)57(27)55(25)53(23)51(21)49(19)47(17)45(15)43(13)41(11)39(9)37-7;1-37(2)35-67(3,4)66(34)65(33)64(32)63(31)62(30)61(29)60(28)59(27)58(26)57(25)56(24)55(23)54(22)53(21)52(20)51(19)50(18)49(17)48(16)47(15)46(14)45(13)44(12)43(11)42(10)41(9)40(8)39(7)38(6)36-5/h37H,4-6H2,1-3H3;36-37H,1-4H3. The molecule has 0 N–H and O–H groups in total. The molecule has 133 heavy (non-hydrogen) atoms. The van der Waals surface area contributed by atoms with Gasteiger partial charge in [0.2, 0.25) is 16.2 Å². The number of hydrogen-bond donors (Lipinski definition) is 0. The van der Waals surface area contributed by atoms with Crippen LogP contribution >= 0.6 is 0 Å². The maximum atomic E-state index is 12.8. The molecule has 0 heterocycles. The first-order valence-corrected chi connectivity index (χ1v) is 182. The molecule has 0 rings (SSSR count). The van der Waals surface area contributed by atoms with Crippen molar-refractivity contribution in [2.75, 3.05) is 0 Å². The van der Waals surface area contributed by atoms with Gasteiger partial charge in [-0.2, -0.15) is 0 Å². The van der Waals surface area contributed by atoms with Crippen LogP contribution in [-0.2, 0) is 271 Å². The summed E-state index contributed by atoms with van der Waals surface area (Å²) in [5.41, 5.74) is 0. The van der Waals surface area contributed by atoms with Gasteiger partial charge in [0.25, 0.3) is 0 Å². The summed E-state index contributed by atoms with van der Waals surface area (Å²) in [5.74, 6) is 0. The summed E-state index contributed by atoms with van der Waals surface area (Å²) >= 11 is 0. The average Bonchev–Trinajstić information content (AvgIpc) is 0.815. The molecule has 0 fully saturated rings. The molecular formula is C10H30O61Si62. The van der Waals surface area contributed by atoms with E-state index in [1.807, 2.05) is 6.92 Å². The Bertz CT molecular complexity index is 6210. The second kappa shape index (κ2) is 61.9. The van der Waals surface area contributed by atoms with Crippen molar-refractivity contribution in [3.05, 3.63) is 0 Å². The van der Waals surface area contributed by atoms with E-state index in [-0.39, 0.29) is 0 Å². The average molecular weight is 2870 g/mol. The van der Waals surface area contributed by atoms with Crippen molar-refractivity contribution in [3.63, 3.8) is 0 Å². The predicted octanol–water partition coefficient (Wildman–Crippen LogP) is -26.3. The fourth-order valence-corrected chi connectivity index (χ4v) is 689. The summed E-state index contributed by atoms with van der Waals surface area (Å²) in [6.07, 6.45) is 1.32. The molecule has 0 aromatic heterocycles. The van der Waals surface area contributed by atoms with Crippen molar-refractivity contribution in [2.45, 2.75) is 65.1 Å². The van der Waals surface area contributed by atoms with Crippen LogP contribution in [0.2, 0.25) is 45.3 Å². The second-order valence-electron chi connectivity index (χ2n) is 24.7. The highest BCUT2D eigenvalue weighted by atomic mass is 30.2. The third kappa shape index (κ3) is 37.9. The second-order valence-corrected chi connectivity index (χ2v) is 318. The van der Waals surface area contributed by atoms with E-state index in [1.165, 1.54) is 13.1 Å². The molecule has 0 unspecified atom stereocenters. The Balaban J connectivity index is 0. The van der Waals surface area contributed by atoms with Crippen LogP contribution in [0.4, 0.5) is 0 Å². The van der Waals surface area contributed by atoms with Gasteiger partial charge >= 0.3 is 459 Å². The van der Waals surface area contributed by atoms with Gasteiger partial charge in [0, 0.05) is 0 Å². The molecule has 0 saturated carbocycles. The Labute approximate surface area is 809 Å². The van der Waals surface area contributed by atoms with Crippen molar-refractivity contribution in [1.29, 1.82) is 0 Å². The van der Waals surface area contributed by atoms with Gasteiger partial charge in [-0.05, 0) is 45.3 Å².